The number of nitrogen functional groups attached to an aromatic ring is 1. The van der Waals surface area contributed by atoms with Crippen LogP contribution in [0.15, 0.2) is 23.1 Å². The molecule has 6 nitrogen and oxygen atoms in total. The van der Waals surface area contributed by atoms with Crippen LogP contribution >= 0.6 is 0 Å². The molecule has 0 spiro atoms. The minimum Gasteiger partial charge on any atom is -0.397 e. The minimum absolute atomic E-state index is 0.183. The van der Waals surface area contributed by atoms with Crippen LogP contribution in [0.4, 0.5) is 11.4 Å². The van der Waals surface area contributed by atoms with Gasteiger partial charge in [-0.1, -0.05) is 0 Å². The van der Waals surface area contributed by atoms with E-state index in [1.807, 2.05) is 0 Å². The molecule has 19 heavy (non-hydrogen) atoms. The van der Waals surface area contributed by atoms with E-state index in [4.69, 9.17) is 10.5 Å². The molecule has 1 heterocycles. The van der Waals surface area contributed by atoms with Gasteiger partial charge in [-0.2, -0.15) is 0 Å². The second-order valence-electron chi connectivity index (χ2n) is 4.38. The molecule has 7 heteroatoms. The lowest BCUT2D eigenvalue weighted by Gasteiger charge is -2.23. The summed E-state index contributed by atoms with van der Waals surface area (Å²) >= 11 is 0. The maximum atomic E-state index is 11.7. The number of sulfonamides is 1. The van der Waals surface area contributed by atoms with E-state index in [1.165, 1.54) is 13.1 Å². The van der Waals surface area contributed by atoms with Crippen molar-refractivity contribution in [3.8, 4) is 0 Å². The fourth-order valence-electron chi connectivity index (χ4n) is 2.09. The Bertz CT molecular complexity index is 537. The molecule has 0 amide bonds. The molecule has 3 N–H and O–H groups in total. The molecule has 1 aromatic carbocycles. The van der Waals surface area contributed by atoms with Gasteiger partial charge in [-0.05, 0) is 31.7 Å². The summed E-state index contributed by atoms with van der Waals surface area (Å²) in [5.41, 5.74) is 7.31. The summed E-state index contributed by atoms with van der Waals surface area (Å²) in [4.78, 5) is 2.31. The molecule has 1 aromatic rings. The summed E-state index contributed by atoms with van der Waals surface area (Å²) in [6, 6.07) is 4.82. The highest BCUT2D eigenvalue weighted by Crippen LogP contribution is 2.26. The van der Waals surface area contributed by atoms with Crippen molar-refractivity contribution in [3.63, 3.8) is 0 Å². The first-order valence-corrected chi connectivity index (χ1v) is 7.68. The SMILES string of the molecule is CNS(=O)(=O)c1ccc(N2CCCOCC2)c(N)c1. The molecular weight excluding hydrogens is 266 g/mol. The van der Waals surface area contributed by atoms with Gasteiger partial charge in [0.15, 0.2) is 0 Å². The molecule has 1 aliphatic heterocycles. The lowest BCUT2D eigenvalue weighted by Crippen LogP contribution is -2.27. The van der Waals surface area contributed by atoms with Crippen molar-refractivity contribution in [2.75, 3.05) is 44.0 Å². The van der Waals surface area contributed by atoms with Crippen LogP contribution in [0.3, 0.4) is 0 Å². The van der Waals surface area contributed by atoms with Crippen molar-refractivity contribution >= 4 is 21.4 Å². The molecule has 0 unspecified atom stereocenters. The first-order valence-electron chi connectivity index (χ1n) is 6.20. The number of hydrogen-bond donors (Lipinski definition) is 2. The number of nitrogens with one attached hydrogen (secondary N) is 1. The van der Waals surface area contributed by atoms with E-state index in [-0.39, 0.29) is 4.90 Å². The molecule has 0 saturated carbocycles. The standard InChI is InChI=1S/C12H19N3O3S/c1-14-19(16,17)10-3-4-12(11(13)9-10)15-5-2-7-18-8-6-15/h3-4,9,14H,2,5-8,13H2,1H3. The molecule has 0 aliphatic carbocycles. The number of nitrogens with two attached hydrogens (primary N) is 1. The molecule has 1 fully saturated rings. The van der Waals surface area contributed by atoms with Gasteiger partial charge < -0.3 is 15.4 Å². The third-order valence-electron chi connectivity index (χ3n) is 3.14. The zero-order chi connectivity index (χ0) is 13.9. The van der Waals surface area contributed by atoms with E-state index < -0.39 is 10.0 Å². The van der Waals surface area contributed by atoms with Crippen molar-refractivity contribution in [2.45, 2.75) is 11.3 Å². The molecule has 106 valence electrons. The number of anilines is 2. The van der Waals surface area contributed by atoms with Crippen molar-refractivity contribution in [3.05, 3.63) is 18.2 Å². The predicted molar refractivity (Wildman–Crippen MR) is 74.7 cm³/mol. The van der Waals surface area contributed by atoms with Gasteiger partial charge in [-0.15, -0.1) is 0 Å². The Labute approximate surface area is 113 Å². The largest absolute Gasteiger partial charge is 0.397 e. The minimum atomic E-state index is -3.45. The molecule has 0 bridgehead atoms. The zero-order valence-corrected chi connectivity index (χ0v) is 11.7. The Morgan fingerprint density at radius 2 is 2.11 bits per heavy atom. The van der Waals surface area contributed by atoms with Crippen molar-refractivity contribution in [2.24, 2.45) is 0 Å². The van der Waals surface area contributed by atoms with E-state index in [0.29, 0.717) is 12.3 Å². The maximum absolute atomic E-state index is 11.7. The molecule has 0 aromatic heterocycles. The van der Waals surface area contributed by atoms with Crippen molar-refractivity contribution in [1.29, 1.82) is 0 Å². The number of nitrogens with zero attached hydrogens (tertiary/aromatic N) is 1. The Hall–Kier alpha value is -1.31. The first-order chi connectivity index (χ1) is 9.04. The average molecular weight is 285 g/mol. The van der Waals surface area contributed by atoms with Gasteiger partial charge in [0.25, 0.3) is 0 Å². The van der Waals surface area contributed by atoms with Crippen LogP contribution in [-0.2, 0) is 14.8 Å². The monoisotopic (exact) mass is 285 g/mol. The van der Waals surface area contributed by atoms with E-state index in [1.54, 1.807) is 12.1 Å². The molecule has 2 rings (SSSR count). The van der Waals surface area contributed by atoms with Crippen LogP contribution in [0.25, 0.3) is 0 Å². The summed E-state index contributed by atoms with van der Waals surface area (Å²) < 4.78 is 31.1. The topological polar surface area (TPSA) is 84.7 Å². The highest BCUT2D eigenvalue weighted by atomic mass is 32.2. The van der Waals surface area contributed by atoms with Crippen LogP contribution in [0.1, 0.15) is 6.42 Å². The fraction of sp³-hybridized carbons (Fsp3) is 0.500. The van der Waals surface area contributed by atoms with E-state index in [9.17, 15) is 8.42 Å². The van der Waals surface area contributed by atoms with Crippen LogP contribution in [-0.4, -0.2) is 41.8 Å². The summed E-state index contributed by atoms with van der Waals surface area (Å²) in [7, 11) is -2.07. The first kappa shape index (κ1) is 14.1. The van der Waals surface area contributed by atoms with Crippen LogP contribution < -0.4 is 15.4 Å². The molecule has 0 atom stereocenters. The van der Waals surface area contributed by atoms with Crippen molar-refractivity contribution in [1.82, 2.24) is 4.72 Å². The Morgan fingerprint density at radius 3 is 2.79 bits per heavy atom. The van der Waals surface area contributed by atoms with Crippen LogP contribution in [0.2, 0.25) is 0 Å². The van der Waals surface area contributed by atoms with Gasteiger partial charge in [-0.25, -0.2) is 13.1 Å². The van der Waals surface area contributed by atoms with E-state index in [0.717, 1.165) is 31.8 Å². The van der Waals surface area contributed by atoms with Gasteiger partial charge in [-0.3, -0.25) is 0 Å². The van der Waals surface area contributed by atoms with Gasteiger partial charge >= 0.3 is 0 Å². The Morgan fingerprint density at radius 1 is 1.32 bits per heavy atom. The summed E-state index contributed by atoms with van der Waals surface area (Å²) in [5, 5.41) is 0. The van der Waals surface area contributed by atoms with E-state index >= 15 is 0 Å². The zero-order valence-electron chi connectivity index (χ0n) is 10.9. The number of ether oxygens (including phenoxy) is 1. The second kappa shape index (κ2) is 5.77. The van der Waals surface area contributed by atoms with Crippen LogP contribution in [0.5, 0.6) is 0 Å². The molecule has 0 radical (unpaired) electrons. The normalized spacial score (nSPS) is 17.2. The molecular formula is C12H19N3O3S. The lowest BCUT2D eigenvalue weighted by molar-refractivity contribution is 0.152. The van der Waals surface area contributed by atoms with Gasteiger partial charge in [0.2, 0.25) is 10.0 Å². The average Bonchev–Trinajstić information content (AvgIpc) is 2.67. The van der Waals surface area contributed by atoms with Gasteiger partial charge in [0, 0.05) is 19.7 Å². The predicted octanol–water partition coefficient (Wildman–Crippen LogP) is 0.404. The number of hydrogen-bond acceptors (Lipinski definition) is 5. The maximum Gasteiger partial charge on any atom is 0.240 e. The van der Waals surface area contributed by atoms with E-state index in [2.05, 4.69) is 9.62 Å². The molecule has 1 aliphatic rings. The fourth-order valence-corrected chi connectivity index (χ4v) is 2.86. The summed E-state index contributed by atoms with van der Waals surface area (Å²) in [5.74, 6) is 0. The second-order valence-corrected chi connectivity index (χ2v) is 6.27. The van der Waals surface area contributed by atoms with Crippen LogP contribution in [0, 0.1) is 0 Å². The highest BCUT2D eigenvalue weighted by molar-refractivity contribution is 7.89. The van der Waals surface area contributed by atoms with Gasteiger partial charge in [0.05, 0.1) is 22.9 Å². The summed E-state index contributed by atoms with van der Waals surface area (Å²) in [6.45, 7) is 3.04. The lowest BCUT2D eigenvalue weighted by atomic mass is 10.2. The Kier molecular flexibility index (Phi) is 4.28. The summed E-state index contributed by atoms with van der Waals surface area (Å²) in [6.07, 6.45) is 0.940. The highest BCUT2D eigenvalue weighted by Gasteiger charge is 2.16. The number of rotatable bonds is 3. The van der Waals surface area contributed by atoms with Gasteiger partial charge in [0.1, 0.15) is 0 Å². The Balaban J connectivity index is 2.28. The smallest absolute Gasteiger partial charge is 0.240 e. The van der Waals surface area contributed by atoms with Crippen molar-refractivity contribution < 1.29 is 13.2 Å². The number of benzene rings is 1. The third-order valence-corrected chi connectivity index (χ3v) is 4.55. The third kappa shape index (κ3) is 3.17. The quantitative estimate of drug-likeness (QED) is 0.786. The molecule has 1 saturated heterocycles.